The minimum Gasteiger partial charge on any atom is -0.378 e. The maximum atomic E-state index is 12.6. The van der Waals surface area contributed by atoms with Crippen LogP contribution < -0.4 is 15.5 Å². The first-order chi connectivity index (χ1) is 17.6. The topological polar surface area (TPSA) is 79.4 Å². The number of ketones is 1. The summed E-state index contributed by atoms with van der Waals surface area (Å²) in [6.07, 6.45) is 9.18. The van der Waals surface area contributed by atoms with E-state index in [2.05, 4.69) is 51.4 Å². The van der Waals surface area contributed by atoms with Crippen molar-refractivity contribution in [1.82, 2.24) is 15.3 Å². The minimum atomic E-state index is 0.198. The highest BCUT2D eigenvalue weighted by molar-refractivity contribution is 7.08. The molecule has 0 unspecified atom stereocenters. The van der Waals surface area contributed by atoms with Gasteiger partial charge in [0.1, 0.15) is 11.6 Å². The minimum absolute atomic E-state index is 0.198. The van der Waals surface area contributed by atoms with E-state index in [1.807, 2.05) is 33.9 Å². The predicted octanol–water partition coefficient (Wildman–Crippen LogP) is 5.68. The number of hydrogen-bond donors (Lipinski definition) is 2. The second kappa shape index (κ2) is 13.9. The van der Waals surface area contributed by atoms with Crippen molar-refractivity contribution in [2.45, 2.75) is 53.4 Å². The van der Waals surface area contributed by atoms with Crippen LogP contribution in [0.5, 0.6) is 0 Å². The van der Waals surface area contributed by atoms with Crippen LogP contribution >= 0.6 is 11.3 Å². The van der Waals surface area contributed by atoms with Crippen molar-refractivity contribution in [3.8, 4) is 0 Å². The number of aromatic nitrogens is 2. The number of morpholine rings is 1. The molecule has 0 bridgehead atoms. The fraction of sp³-hybridized carbons (Fsp3) is 0.464. The summed E-state index contributed by atoms with van der Waals surface area (Å²) in [4.78, 5) is 24.6. The summed E-state index contributed by atoms with van der Waals surface area (Å²) in [7, 11) is 1.88. The first-order valence-electron chi connectivity index (χ1n) is 13.0. The maximum absolute atomic E-state index is 12.6. The van der Waals surface area contributed by atoms with E-state index in [0.29, 0.717) is 32.0 Å². The standard InChI is InChI=1S/C26H33N5O2S.C2H6/c1-4-6-18(19-8-13-34-17-19)16-24(27-3)29-26-28-22-15-20(23(32)7-5-2)14-21(22)25(30-26)31-9-11-33-12-10-31;1-2/h6,8,13,15-17,27H,4-5,7,9-12,14H2,1-3H3,(H,28,29,30);1-2H3/b18-6+,24-16+;. The Balaban J connectivity index is 0.00000176. The predicted molar refractivity (Wildman–Crippen MR) is 151 cm³/mol. The van der Waals surface area contributed by atoms with E-state index in [9.17, 15) is 4.79 Å². The van der Waals surface area contributed by atoms with Gasteiger partial charge in [0.15, 0.2) is 5.78 Å². The first kappa shape index (κ1) is 27.6. The third-order valence-corrected chi connectivity index (χ3v) is 6.62. The van der Waals surface area contributed by atoms with Gasteiger partial charge in [0.25, 0.3) is 0 Å². The first-order valence-corrected chi connectivity index (χ1v) is 13.9. The monoisotopic (exact) mass is 509 g/mol. The van der Waals surface area contributed by atoms with Crippen LogP contribution in [-0.4, -0.2) is 49.1 Å². The zero-order valence-electron chi connectivity index (χ0n) is 22.2. The number of anilines is 2. The summed E-state index contributed by atoms with van der Waals surface area (Å²) >= 11 is 1.68. The van der Waals surface area contributed by atoms with E-state index in [-0.39, 0.29) is 5.78 Å². The SMILES string of the molecule is CC.CC/C=C(\C=C(/NC)Nc1nc2c(c(N3CCOCC3)n1)CC(C(=O)CCC)=C2)c1ccsc1. The highest BCUT2D eigenvalue weighted by Crippen LogP contribution is 2.33. The quantitative estimate of drug-likeness (QED) is 0.399. The molecule has 1 aliphatic heterocycles. The van der Waals surface area contributed by atoms with Gasteiger partial charge in [-0.3, -0.25) is 4.79 Å². The van der Waals surface area contributed by atoms with Crippen LogP contribution in [-0.2, 0) is 16.0 Å². The Labute approximate surface area is 219 Å². The molecular formula is C28H39N5O2S. The average Bonchev–Trinajstić information content (AvgIpc) is 3.60. The molecule has 0 atom stereocenters. The number of Topliss-reactive ketones (excluding diaryl/α,β-unsaturated/α-hetero) is 1. The Kier molecular flexibility index (Phi) is 10.7. The zero-order valence-corrected chi connectivity index (χ0v) is 23.0. The summed E-state index contributed by atoms with van der Waals surface area (Å²) in [5.74, 6) is 2.42. The molecule has 36 heavy (non-hydrogen) atoms. The van der Waals surface area contributed by atoms with Gasteiger partial charge >= 0.3 is 0 Å². The smallest absolute Gasteiger partial charge is 0.230 e. The molecule has 2 N–H and O–H groups in total. The molecule has 8 heteroatoms. The van der Waals surface area contributed by atoms with Gasteiger partial charge in [-0.15, -0.1) is 0 Å². The average molecular weight is 510 g/mol. The molecule has 3 heterocycles. The van der Waals surface area contributed by atoms with Crippen LogP contribution in [0.4, 0.5) is 11.8 Å². The fourth-order valence-corrected chi connectivity index (χ4v) is 4.86. The lowest BCUT2D eigenvalue weighted by Crippen LogP contribution is -2.37. The van der Waals surface area contributed by atoms with Crippen molar-refractivity contribution < 1.29 is 9.53 Å². The molecule has 7 nitrogen and oxygen atoms in total. The summed E-state index contributed by atoms with van der Waals surface area (Å²) < 4.78 is 5.55. The number of rotatable bonds is 10. The highest BCUT2D eigenvalue weighted by Gasteiger charge is 2.27. The lowest BCUT2D eigenvalue weighted by atomic mass is 10.1. The van der Waals surface area contributed by atoms with E-state index in [1.165, 1.54) is 5.56 Å². The highest BCUT2D eigenvalue weighted by atomic mass is 32.1. The Hall–Kier alpha value is -2.97. The Morgan fingerprint density at radius 2 is 2.00 bits per heavy atom. The maximum Gasteiger partial charge on any atom is 0.230 e. The second-order valence-electron chi connectivity index (χ2n) is 8.37. The van der Waals surface area contributed by atoms with E-state index in [0.717, 1.165) is 60.0 Å². The van der Waals surface area contributed by atoms with Gasteiger partial charge < -0.3 is 20.3 Å². The molecule has 2 aromatic rings. The van der Waals surface area contributed by atoms with Gasteiger partial charge in [-0.05, 0) is 53.0 Å². The molecule has 0 spiro atoms. The van der Waals surface area contributed by atoms with Gasteiger partial charge in [0.2, 0.25) is 5.95 Å². The number of thiophene rings is 1. The van der Waals surface area contributed by atoms with Crippen LogP contribution in [0.2, 0.25) is 0 Å². The Bertz CT molecular complexity index is 1100. The van der Waals surface area contributed by atoms with Gasteiger partial charge in [-0.25, -0.2) is 4.98 Å². The summed E-state index contributed by atoms with van der Waals surface area (Å²) in [6, 6.07) is 2.12. The van der Waals surface area contributed by atoms with Crippen LogP contribution in [0.1, 0.15) is 63.8 Å². The largest absolute Gasteiger partial charge is 0.378 e. The molecule has 0 saturated carbocycles. The summed E-state index contributed by atoms with van der Waals surface area (Å²) in [5.41, 5.74) is 5.02. The van der Waals surface area contributed by atoms with Crippen LogP contribution in [0, 0.1) is 0 Å². The van der Waals surface area contributed by atoms with Gasteiger partial charge in [0, 0.05) is 44.1 Å². The van der Waals surface area contributed by atoms with Gasteiger partial charge in [0.05, 0.1) is 18.9 Å². The molecule has 1 aliphatic carbocycles. The molecule has 0 amide bonds. The zero-order chi connectivity index (χ0) is 25.9. The molecule has 2 aliphatic rings. The number of nitrogens with one attached hydrogen (secondary N) is 2. The number of carbonyl (C=O) groups excluding carboxylic acids is 1. The molecule has 1 saturated heterocycles. The van der Waals surface area contributed by atoms with Crippen molar-refractivity contribution in [3.63, 3.8) is 0 Å². The lowest BCUT2D eigenvalue weighted by Gasteiger charge is -2.29. The molecule has 2 aromatic heterocycles. The van der Waals surface area contributed by atoms with E-state index in [4.69, 9.17) is 14.7 Å². The molecule has 1 fully saturated rings. The van der Waals surface area contributed by atoms with Crippen LogP contribution in [0.25, 0.3) is 11.6 Å². The van der Waals surface area contributed by atoms with Crippen molar-refractivity contribution in [3.05, 3.63) is 57.2 Å². The van der Waals surface area contributed by atoms with E-state index >= 15 is 0 Å². The lowest BCUT2D eigenvalue weighted by molar-refractivity contribution is -0.115. The molecule has 0 aromatic carbocycles. The van der Waals surface area contributed by atoms with Crippen LogP contribution in [0.15, 0.2) is 40.4 Å². The molecule has 194 valence electrons. The summed E-state index contributed by atoms with van der Waals surface area (Å²) in [6.45, 7) is 11.1. The fourth-order valence-electron chi connectivity index (χ4n) is 4.20. The summed E-state index contributed by atoms with van der Waals surface area (Å²) in [5, 5.41) is 10.8. The molecule has 0 radical (unpaired) electrons. The normalized spacial score (nSPS) is 15.6. The number of allylic oxidation sites excluding steroid dienone is 4. The third-order valence-electron chi connectivity index (χ3n) is 5.94. The Morgan fingerprint density at radius 1 is 1.22 bits per heavy atom. The number of ether oxygens (including phenoxy) is 1. The van der Waals surface area contributed by atoms with Gasteiger partial charge in [-0.1, -0.05) is 33.8 Å². The molecule has 4 rings (SSSR count). The van der Waals surface area contributed by atoms with Crippen molar-refractivity contribution in [1.29, 1.82) is 0 Å². The second-order valence-corrected chi connectivity index (χ2v) is 9.15. The third kappa shape index (κ3) is 6.83. The Morgan fingerprint density at radius 3 is 2.64 bits per heavy atom. The molecular weight excluding hydrogens is 470 g/mol. The van der Waals surface area contributed by atoms with E-state index in [1.54, 1.807) is 11.3 Å². The van der Waals surface area contributed by atoms with Crippen molar-refractivity contribution >= 4 is 40.5 Å². The number of nitrogens with zero attached hydrogens (tertiary/aromatic N) is 3. The number of carbonyl (C=O) groups is 1. The van der Waals surface area contributed by atoms with Gasteiger partial charge in [-0.2, -0.15) is 16.3 Å². The number of fused-ring (bicyclic) bond motifs is 1. The van der Waals surface area contributed by atoms with Crippen molar-refractivity contribution in [2.24, 2.45) is 0 Å². The van der Waals surface area contributed by atoms with Crippen molar-refractivity contribution in [2.75, 3.05) is 43.6 Å². The van der Waals surface area contributed by atoms with E-state index < -0.39 is 0 Å². The number of hydrogen-bond acceptors (Lipinski definition) is 8. The van der Waals surface area contributed by atoms with Crippen LogP contribution in [0.3, 0.4) is 0 Å².